The summed E-state index contributed by atoms with van der Waals surface area (Å²) in [6.45, 7) is 2.63. The van der Waals surface area contributed by atoms with Crippen LogP contribution in [0.1, 0.15) is 55.2 Å². The minimum Gasteiger partial charge on any atom is -0.367 e. The van der Waals surface area contributed by atoms with Gasteiger partial charge in [-0.15, -0.1) is 0 Å². The molecule has 22 heavy (non-hydrogen) atoms. The summed E-state index contributed by atoms with van der Waals surface area (Å²) in [5, 5.41) is 10.7. The minimum atomic E-state index is 0.0407. The van der Waals surface area contributed by atoms with E-state index in [9.17, 15) is 0 Å². The Hall–Kier alpha value is -2.02. The number of hydrogen-bond acceptors (Lipinski definition) is 6. The normalized spacial score (nSPS) is 24.6. The number of aryl methyl sites for hydroxylation is 1. The van der Waals surface area contributed by atoms with Crippen LogP contribution in [0.25, 0.3) is 0 Å². The molecule has 0 bridgehead atoms. The lowest BCUT2D eigenvalue weighted by Crippen LogP contribution is -2.19. The van der Waals surface area contributed by atoms with Gasteiger partial charge in [-0.25, -0.2) is 15.0 Å². The van der Waals surface area contributed by atoms with E-state index in [2.05, 4.69) is 30.5 Å². The Morgan fingerprint density at radius 1 is 1.27 bits per heavy atom. The van der Waals surface area contributed by atoms with Crippen LogP contribution >= 0.6 is 0 Å². The predicted molar refractivity (Wildman–Crippen MR) is 80.5 cm³/mol. The number of aromatic amines is 1. The topological polar surface area (TPSA) is 88.6 Å². The molecule has 2 aliphatic rings. The summed E-state index contributed by atoms with van der Waals surface area (Å²) in [4.78, 5) is 13.0. The van der Waals surface area contributed by atoms with Crippen molar-refractivity contribution in [3.05, 3.63) is 29.7 Å². The van der Waals surface area contributed by atoms with E-state index in [0.717, 1.165) is 42.7 Å². The third-order valence-corrected chi connectivity index (χ3v) is 4.16. The number of H-pyrrole nitrogens is 1. The monoisotopic (exact) mass is 300 g/mol. The van der Waals surface area contributed by atoms with Gasteiger partial charge >= 0.3 is 0 Å². The highest BCUT2D eigenvalue weighted by molar-refractivity contribution is 5.32. The van der Waals surface area contributed by atoms with Gasteiger partial charge in [0.05, 0.1) is 6.10 Å². The van der Waals surface area contributed by atoms with Gasteiger partial charge in [-0.2, -0.15) is 5.10 Å². The van der Waals surface area contributed by atoms with Gasteiger partial charge in [0.15, 0.2) is 11.6 Å². The molecule has 2 atom stereocenters. The van der Waals surface area contributed by atoms with Crippen LogP contribution < -0.4 is 5.32 Å². The van der Waals surface area contributed by atoms with E-state index in [1.165, 1.54) is 12.8 Å². The summed E-state index contributed by atoms with van der Waals surface area (Å²) >= 11 is 0. The molecule has 1 aliphatic heterocycles. The van der Waals surface area contributed by atoms with Gasteiger partial charge in [0.25, 0.3) is 0 Å². The third-order valence-electron chi connectivity index (χ3n) is 4.16. The maximum absolute atomic E-state index is 6.07. The summed E-state index contributed by atoms with van der Waals surface area (Å²) in [7, 11) is 0. The number of ether oxygens (including phenoxy) is 1. The molecule has 2 fully saturated rings. The first-order valence-electron chi connectivity index (χ1n) is 7.89. The molecule has 0 aromatic carbocycles. The number of aromatic nitrogens is 5. The van der Waals surface area contributed by atoms with E-state index in [-0.39, 0.29) is 12.2 Å². The Kier molecular flexibility index (Phi) is 3.49. The van der Waals surface area contributed by atoms with Crippen LogP contribution in [-0.2, 0) is 4.74 Å². The lowest BCUT2D eigenvalue weighted by Gasteiger charge is -2.13. The maximum atomic E-state index is 6.07. The summed E-state index contributed by atoms with van der Waals surface area (Å²) in [6.07, 6.45) is 6.40. The second-order valence-corrected chi connectivity index (χ2v) is 6.05. The molecule has 1 saturated carbocycles. The van der Waals surface area contributed by atoms with Gasteiger partial charge < -0.3 is 10.1 Å². The van der Waals surface area contributed by atoms with Crippen molar-refractivity contribution in [2.45, 2.75) is 50.7 Å². The molecule has 0 unspecified atom stereocenters. The molecular weight excluding hydrogens is 280 g/mol. The van der Waals surface area contributed by atoms with E-state index in [1.807, 2.05) is 13.0 Å². The maximum Gasteiger partial charge on any atom is 0.153 e. The number of hydrogen-bond donors (Lipinski definition) is 2. The van der Waals surface area contributed by atoms with Crippen molar-refractivity contribution in [2.24, 2.45) is 0 Å². The van der Waals surface area contributed by atoms with Gasteiger partial charge in [0, 0.05) is 18.7 Å². The second kappa shape index (κ2) is 5.64. The molecule has 0 radical (unpaired) electrons. The zero-order valence-corrected chi connectivity index (χ0v) is 12.6. The average Bonchev–Trinajstić information content (AvgIpc) is 3.07. The fourth-order valence-electron chi connectivity index (χ4n) is 2.79. The van der Waals surface area contributed by atoms with Crippen molar-refractivity contribution in [3.8, 4) is 0 Å². The molecule has 116 valence electrons. The van der Waals surface area contributed by atoms with Crippen LogP contribution in [-0.4, -0.2) is 37.8 Å². The third kappa shape index (κ3) is 2.94. The van der Waals surface area contributed by atoms with Crippen LogP contribution in [0.15, 0.2) is 12.3 Å². The number of rotatable bonds is 5. The first-order valence-corrected chi connectivity index (χ1v) is 7.89. The van der Waals surface area contributed by atoms with E-state index < -0.39 is 0 Å². The summed E-state index contributed by atoms with van der Waals surface area (Å²) in [6, 6.07) is 1.87. The van der Waals surface area contributed by atoms with Gasteiger partial charge in [0.1, 0.15) is 17.7 Å². The molecule has 0 spiro atoms. The predicted octanol–water partition coefficient (Wildman–Crippen LogP) is 2.11. The van der Waals surface area contributed by atoms with Crippen molar-refractivity contribution in [1.82, 2.24) is 25.1 Å². The summed E-state index contributed by atoms with van der Waals surface area (Å²) in [5.74, 6) is 4.02. The van der Waals surface area contributed by atoms with E-state index in [0.29, 0.717) is 5.92 Å². The van der Waals surface area contributed by atoms with Crippen molar-refractivity contribution in [2.75, 3.05) is 11.9 Å². The summed E-state index contributed by atoms with van der Waals surface area (Å²) < 4.78 is 6.07. The second-order valence-electron chi connectivity index (χ2n) is 6.05. The number of nitrogens with zero attached hydrogens (tertiary/aromatic N) is 4. The molecule has 4 rings (SSSR count). The Morgan fingerprint density at radius 2 is 2.18 bits per heavy atom. The van der Waals surface area contributed by atoms with Crippen molar-refractivity contribution in [3.63, 3.8) is 0 Å². The molecule has 1 saturated heterocycles. The molecule has 0 amide bonds. The zero-order valence-electron chi connectivity index (χ0n) is 12.6. The molecule has 2 aromatic rings. The van der Waals surface area contributed by atoms with Crippen molar-refractivity contribution in [1.29, 1.82) is 0 Å². The Morgan fingerprint density at radius 3 is 3.00 bits per heavy atom. The fourth-order valence-corrected chi connectivity index (χ4v) is 2.79. The van der Waals surface area contributed by atoms with E-state index in [1.54, 1.807) is 6.20 Å². The van der Waals surface area contributed by atoms with E-state index >= 15 is 0 Å². The van der Waals surface area contributed by atoms with Crippen LogP contribution in [0.2, 0.25) is 0 Å². The zero-order chi connectivity index (χ0) is 14.9. The minimum absolute atomic E-state index is 0.0407. The van der Waals surface area contributed by atoms with Crippen LogP contribution in [0.3, 0.4) is 0 Å². The smallest absolute Gasteiger partial charge is 0.153 e. The molecule has 2 N–H and O–H groups in total. The van der Waals surface area contributed by atoms with E-state index in [4.69, 9.17) is 4.74 Å². The molecule has 1 aliphatic carbocycles. The largest absolute Gasteiger partial charge is 0.367 e. The van der Waals surface area contributed by atoms with Crippen LogP contribution in [0.4, 0.5) is 5.82 Å². The van der Waals surface area contributed by atoms with Gasteiger partial charge in [-0.1, -0.05) is 0 Å². The standard InChI is InChI=1S/C15H20N6O/c1-9-16-7-6-13(18-9)17-8-11-4-5-12(22-11)15-19-14(20-21-15)10-2-3-10/h6-7,10-12H,2-5,8H2,1H3,(H,16,17,18)(H,19,20,21)/t11-,12+/m1/s1. The number of anilines is 1. The Bertz CT molecular complexity index is 653. The lowest BCUT2D eigenvalue weighted by atomic mass is 10.2. The van der Waals surface area contributed by atoms with Gasteiger partial charge in [-0.05, 0) is 38.7 Å². The molecular formula is C15H20N6O. The number of nitrogens with one attached hydrogen (secondary N) is 2. The highest BCUT2D eigenvalue weighted by Gasteiger charge is 2.32. The van der Waals surface area contributed by atoms with Gasteiger partial charge in [0.2, 0.25) is 0 Å². The molecule has 2 aromatic heterocycles. The highest BCUT2D eigenvalue weighted by Crippen LogP contribution is 2.39. The SMILES string of the molecule is Cc1nccc(NC[C@H]2CC[C@@H](c3nc(C4CC4)n[nH]3)O2)n1. The quantitative estimate of drug-likeness (QED) is 0.879. The Labute approximate surface area is 128 Å². The van der Waals surface area contributed by atoms with Crippen molar-refractivity contribution < 1.29 is 4.74 Å². The highest BCUT2D eigenvalue weighted by atomic mass is 16.5. The lowest BCUT2D eigenvalue weighted by molar-refractivity contribution is 0.0471. The summed E-state index contributed by atoms with van der Waals surface area (Å²) in [5.41, 5.74) is 0. The van der Waals surface area contributed by atoms with Crippen molar-refractivity contribution >= 4 is 5.82 Å². The average molecular weight is 300 g/mol. The van der Waals surface area contributed by atoms with Crippen LogP contribution in [0.5, 0.6) is 0 Å². The fraction of sp³-hybridized carbons (Fsp3) is 0.600. The molecule has 7 nitrogen and oxygen atoms in total. The van der Waals surface area contributed by atoms with Crippen LogP contribution in [0, 0.1) is 6.92 Å². The Balaban J connectivity index is 1.31. The molecule has 3 heterocycles. The first kappa shape index (κ1) is 13.6. The first-order chi connectivity index (χ1) is 10.8. The van der Waals surface area contributed by atoms with Gasteiger partial charge in [-0.3, -0.25) is 5.10 Å². The molecule has 7 heteroatoms.